The Balaban J connectivity index is 1.69. The molecule has 0 saturated carbocycles. The van der Waals surface area contributed by atoms with Crippen molar-refractivity contribution in [1.29, 1.82) is 0 Å². The zero-order valence-corrected chi connectivity index (χ0v) is 18.8. The standard InChI is InChI=1S/C25H31N3O3/c1-5-6-9-16-28-21-11-8-7-10-20(21)23(24(28)30)27-26-22(29)17-31-19-14-12-18(13-15-19)25(2,3)4/h7-8,10-15,30H,5-6,9,16-17H2,1-4H3. The fourth-order valence-corrected chi connectivity index (χ4v) is 3.45. The molecule has 6 heteroatoms. The van der Waals surface area contributed by atoms with E-state index in [0.717, 1.165) is 30.2 Å². The summed E-state index contributed by atoms with van der Waals surface area (Å²) in [6.07, 6.45) is 3.13. The Kier molecular flexibility index (Phi) is 7.10. The number of aromatic hydroxyl groups is 1. The second-order valence-corrected chi connectivity index (χ2v) is 8.70. The third kappa shape index (κ3) is 5.51. The molecule has 0 saturated heterocycles. The third-order valence-corrected chi connectivity index (χ3v) is 5.25. The summed E-state index contributed by atoms with van der Waals surface area (Å²) in [6.45, 7) is 9.04. The molecule has 0 aliphatic heterocycles. The molecule has 0 spiro atoms. The second-order valence-electron chi connectivity index (χ2n) is 8.70. The van der Waals surface area contributed by atoms with E-state index in [4.69, 9.17) is 4.74 Å². The summed E-state index contributed by atoms with van der Waals surface area (Å²) in [6, 6.07) is 15.3. The summed E-state index contributed by atoms with van der Waals surface area (Å²) in [4.78, 5) is 12.2. The molecule has 1 amide bonds. The number of hydrogen-bond donors (Lipinski definition) is 1. The molecule has 0 radical (unpaired) electrons. The maximum atomic E-state index is 12.2. The highest BCUT2D eigenvalue weighted by molar-refractivity contribution is 5.95. The highest BCUT2D eigenvalue weighted by Gasteiger charge is 2.17. The molecule has 31 heavy (non-hydrogen) atoms. The fourth-order valence-electron chi connectivity index (χ4n) is 3.45. The summed E-state index contributed by atoms with van der Waals surface area (Å²) in [5, 5.41) is 19.3. The molecule has 0 aliphatic carbocycles. The van der Waals surface area contributed by atoms with Crippen LogP contribution in [0, 0.1) is 0 Å². The van der Waals surface area contributed by atoms with Crippen LogP contribution in [0.15, 0.2) is 58.8 Å². The highest BCUT2D eigenvalue weighted by Crippen LogP contribution is 2.39. The van der Waals surface area contributed by atoms with Crippen LogP contribution in [0.5, 0.6) is 11.6 Å². The van der Waals surface area contributed by atoms with Gasteiger partial charge in [0, 0.05) is 11.9 Å². The minimum absolute atomic E-state index is 0.0348. The van der Waals surface area contributed by atoms with Gasteiger partial charge in [0.2, 0.25) is 5.88 Å². The van der Waals surface area contributed by atoms with Gasteiger partial charge in [0.05, 0.1) is 5.52 Å². The lowest BCUT2D eigenvalue weighted by Crippen LogP contribution is -2.11. The van der Waals surface area contributed by atoms with Gasteiger partial charge in [-0.05, 0) is 35.6 Å². The summed E-state index contributed by atoms with van der Waals surface area (Å²) < 4.78 is 7.37. The largest absolute Gasteiger partial charge is 0.493 e. The fraction of sp³-hybridized carbons (Fsp3) is 0.400. The number of ether oxygens (including phenoxy) is 1. The number of carbonyl (C=O) groups excluding carboxylic acids is 1. The third-order valence-electron chi connectivity index (χ3n) is 5.25. The van der Waals surface area contributed by atoms with E-state index in [1.807, 2.05) is 53.1 Å². The number of nitrogens with zero attached hydrogens (tertiary/aromatic N) is 3. The van der Waals surface area contributed by atoms with Crippen LogP contribution in [0.4, 0.5) is 5.69 Å². The van der Waals surface area contributed by atoms with E-state index in [-0.39, 0.29) is 17.9 Å². The average Bonchev–Trinajstić information content (AvgIpc) is 3.01. The molecular formula is C25H31N3O3. The molecule has 6 nitrogen and oxygen atoms in total. The monoisotopic (exact) mass is 421 g/mol. The maximum absolute atomic E-state index is 12.2. The first-order valence-electron chi connectivity index (χ1n) is 10.8. The van der Waals surface area contributed by atoms with E-state index in [1.165, 1.54) is 5.56 Å². The van der Waals surface area contributed by atoms with Crippen LogP contribution in [0.3, 0.4) is 0 Å². The molecule has 1 aromatic heterocycles. The first kappa shape index (κ1) is 22.5. The SMILES string of the molecule is CCCCCn1c(O)c(N=NC(=O)COc2ccc(C(C)(C)C)cc2)c2ccccc21. The number of hydrogen-bond acceptors (Lipinski definition) is 4. The van der Waals surface area contributed by atoms with E-state index in [1.54, 1.807) is 0 Å². The predicted octanol–water partition coefficient (Wildman–Crippen LogP) is 6.52. The topological polar surface area (TPSA) is 76.2 Å². The Bertz CT molecular complexity index is 1060. The van der Waals surface area contributed by atoms with Crippen molar-refractivity contribution in [2.75, 3.05) is 6.61 Å². The summed E-state index contributed by atoms with van der Waals surface area (Å²) in [5.41, 5.74) is 2.44. The van der Waals surface area contributed by atoms with Crippen molar-refractivity contribution in [2.45, 2.75) is 58.9 Å². The van der Waals surface area contributed by atoms with Crippen LogP contribution in [0.25, 0.3) is 10.9 Å². The van der Waals surface area contributed by atoms with Crippen LogP contribution in [0.1, 0.15) is 52.5 Å². The van der Waals surface area contributed by atoms with Crippen LogP contribution in [-0.2, 0) is 16.8 Å². The van der Waals surface area contributed by atoms with Gasteiger partial charge in [-0.3, -0.25) is 4.79 Å². The van der Waals surface area contributed by atoms with E-state index in [9.17, 15) is 9.90 Å². The van der Waals surface area contributed by atoms with Crippen LogP contribution in [0.2, 0.25) is 0 Å². The van der Waals surface area contributed by atoms with E-state index in [0.29, 0.717) is 18.0 Å². The van der Waals surface area contributed by atoms with Gasteiger partial charge in [-0.15, -0.1) is 10.2 Å². The van der Waals surface area contributed by atoms with Gasteiger partial charge >= 0.3 is 5.91 Å². The van der Waals surface area contributed by atoms with Crippen molar-refractivity contribution in [3.8, 4) is 11.6 Å². The van der Waals surface area contributed by atoms with Gasteiger partial charge in [0.15, 0.2) is 12.3 Å². The number of carbonyl (C=O) groups is 1. The molecule has 164 valence electrons. The molecule has 3 rings (SSSR count). The average molecular weight is 422 g/mol. The normalized spacial score (nSPS) is 12.0. The van der Waals surface area contributed by atoms with Gasteiger partial charge in [-0.25, -0.2) is 0 Å². The van der Waals surface area contributed by atoms with E-state index >= 15 is 0 Å². The Hall–Kier alpha value is -3.15. The Morgan fingerprint density at radius 2 is 1.77 bits per heavy atom. The summed E-state index contributed by atoms with van der Waals surface area (Å²) >= 11 is 0. The van der Waals surface area contributed by atoms with Gasteiger partial charge in [-0.1, -0.05) is 70.9 Å². The lowest BCUT2D eigenvalue weighted by Gasteiger charge is -2.19. The molecule has 0 aliphatic rings. The number of rotatable bonds is 8. The molecule has 1 N–H and O–H groups in total. The zero-order chi connectivity index (χ0) is 22.4. The van der Waals surface area contributed by atoms with Crippen molar-refractivity contribution in [1.82, 2.24) is 4.57 Å². The lowest BCUT2D eigenvalue weighted by molar-refractivity contribution is -0.120. The van der Waals surface area contributed by atoms with Gasteiger partial charge in [0.25, 0.3) is 0 Å². The minimum Gasteiger partial charge on any atom is -0.493 e. The van der Waals surface area contributed by atoms with Crippen molar-refractivity contribution in [3.63, 3.8) is 0 Å². The van der Waals surface area contributed by atoms with Crippen LogP contribution < -0.4 is 4.74 Å². The van der Waals surface area contributed by atoms with E-state index < -0.39 is 5.91 Å². The molecular weight excluding hydrogens is 390 g/mol. The van der Waals surface area contributed by atoms with Gasteiger partial charge in [0.1, 0.15) is 5.75 Å². The molecule has 0 atom stereocenters. The number of amides is 1. The maximum Gasteiger partial charge on any atom is 0.302 e. The predicted molar refractivity (Wildman–Crippen MR) is 123 cm³/mol. The summed E-state index contributed by atoms with van der Waals surface area (Å²) in [5.74, 6) is 0.126. The molecule has 0 fully saturated rings. The Morgan fingerprint density at radius 3 is 2.45 bits per heavy atom. The number of azo groups is 1. The van der Waals surface area contributed by atoms with Crippen molar-refractivity contribution >= 4 is 22.5 Å². The number of aromatic nitrogens is 1. The molecule has 0 unspecified atom stereocenters. The van der Waals surface area contributed by atoms with Crippen molar-refractivity contribution in [2.24, 2.45) is 10.2 Å². The number of benzene rings is 2. The lowest BCUT2D eigenvalue weighted by atomic mass is 9.87. The number of unbranched alkanes of at least 4 members (excludes halogenated alkanes) is 2. The molecule has 2 aromatic carbocycles. The smallest absolute Gasteiger partial charge is 0.302 e. The number of aryl methyl sites for hydroxylation is 1. The minimum atomic E-state index is -0.512. The Morgan fingerprint density at radius 1 is 1.06 bits per heavy atom. The van der Waals surface area contributed by atoms with Crippen molar-refractivity contribution < 1.29 is 14.6 Å². The molecule has 1 heterocycles. The Labute approximate surface area is 183 Å². The summed E-state index contributed by atoms with van der Waals surface area (Å²) in [7, 11) is 0. The molecule has 3 aromatic rings. The molecule has 0 bridgehead atoms. The van der Waals surface area contributed by atoms with Crippen LogP contribution in [-0.4, -0.2) is 22.2 Å². The first-order chi connectivity index (χ1) is 14.8. The van der Waals surface area contributed by atoms with Gasteiger partial charge < -0.3 is 14.4 Å². The quantitative estimate of drug-likeness (QED) is 0.332. The van der Waals surface area contributed by atoms with E-state index in [2.05, 4.69) is 37.9 Å². The number of fused-ring (bicyclic) bond motifs is 1. The first-order valence-corrected chi connectivity index (χ1v) is 10.8. The van der Waals surface area contributed by atoms with Gasteiger partial charge in [-0.2, -0.15) is 0 Å². The highest BCUT2D eigenvalue weighted by atomic mass is 16.5. The van der Waals surface area contributed by atoms with Crippen molar-refractivity contribution in [3.05, 3.63) is 54.1 Å². The zero-order valence-electron chi connectivity index (χ0n) is 18.8. The number of para-hydroxylation sites is 1. The van der Waals surface area contributed by atoms with Crippen LogP contribution >= 0.6 is 0 Å². The second kappa shape index (κ2) is 9.77.